The van der Waals surface area contributed by atoms with E-state index < -0.39 is 0 Å². The molecule has 0 fully saturated rings. The normalized spacial score (nSPS) is 12.4. The molecule has 1 aromatic rings. The molecule has 1 N–H and O–H groups in total. The van der Waals surface area contributed by atoms with Gasteiger partial charge in [-0.2, -0.15) is 5.10 Å². The summed E-state index contributed by atoms with van der Waals surface area (Å²) in [6.07, 6.45) is 3.31. The number of hydrogen-bond acceptors (Lipinski definition) is 5. The Morgan fingerprint density at radius 3 is 2.88 bits per heavy atom. The third-order valence-corrected chi connectivity index (χ3v) is 2.30. The van der Waals surface area contributed by atoms with Gasteiger partial charge in [0.05, 0.1) is 13.2 Å². The summed E-state index contributed by atoms with van der Waals surface area (Å²) in [6, 6.07) is -0.274. The van der Waals surface area contributed by atoms with E-state index in [4.69, 9.17) is 4.74 Å². The Kier molecular flexibility index (Phi) is 5.62. The zero-order valence-corrected chi connectivity index (χ0v) is 10.6. The van der Waals surface area contributed by atoms with Gasteiger partial charge in [-0.05, 0) is 13.3 Å². The maximum atomic E-state index is 11.6. The van der Waals surface area contributed by atoms with Gasteiger partial charge in [0, 0.05) is 7.05 Å². The van der Waals surface area contributed by atoms with Crippen molar-refractivity contribution in [2.75, 3.05) is 6.61 Å². The average molecular weight is 240 g/mol. The standard InChI is InChI=1S/C11H20N4O2/c1-4-6-9(11(16)17-5-2)12-7-10-13-8-15(3)14-10/h8-9,12H,4-7H2,1-3H3. The Bertz CT molecular complexity index is 351. The number of aromatic nitrogens is 3. The molecule has 96 valence electrons. The SMILES string of the molecule is CCCC(NCc1ncn(C)n1)C(=O)OCC. The fourth-order valence-corrected chi connectivity index (χ4v) is 1.51. The first-order chi connectivity index (χ1) is 8.17. The molecule has 0 aliphatic carbocycles. The second-order valence-corrected chi connectivity index (χ2v) is 3.81. The largest absolute Gasteiger partial charge is 0.465 e. The number of hydrogen-bond donors (Lipinski definition) is 1. The van der Waals surface area contributed by atoms with Gasteiger partial charge < -0.3 is 4.74 Å². The van der Waals surface area contributed by atoms with Crippen LogP contribution in [-0.4, -0.2) is 33.4 Å². The molecule has 0 bridgehead atoms. The van der Waals surface area contributed by atoms with E-state index in [1.807, 2.05) is 14.0 Å². The number of esters is 1. The molecule has 0 saturated carbocycles. The van der Waals surface area contributed by atoms with E-state index in [1.165, 1.54) is 0 Å². The minimum atomic E-state index is -0.274. The van der Waals surface area contributed by atoms with Gasteiger partial charge in [0.1, 0.15) is 12.4 Å². The predicted molar refractivity (Wildman–Crippen MR) is 63.2 cm³/mol. The van der Waals surface area contributed by atoms with Crippen LogP contribution in [-0.2, 0) is 23.1 Å². The lowest BCUT2D eigenvalue weighted by atomic mass is 10.1. The van der Waals surface area contributed by atoms with Crippen molar-refractivity contribution in [3.63, 3.8) is 0 Å². The van der Waals surface area contributed by atoms with E-state index >= 15 is 0 Å². The highest BCUT2D eigenvalue weighted by molar-refractivity contribution is 5.75. The van der Waals surface area contributed by atoms with Crippen molar-refractivity contribution in [2.24, 2.45) is 7.05 Å². The predicted octanol–water partition coefficient (Wildman–Crippen LogP) is 0.636. The Balaban J connectivity index is 2.46. The van der Waals surface area contributed by atoms with Gasteiger partial charge in [-0.3, -0.25) is 14.8 Å². The van der Waals surface area contributed by atoms with Crippen LogP contribution in [0.3, 0.4) is 0 Å². The van der Waals surface area contributed by atoms with E-state index in [0.29, 0.717) is 19.0 Å². The summed E-state index contributed by atoms with van der Waals surface area (Å²) < 4.78 is 6.64. The van der Waals surface area contributed by atoms with Gasteiger partial charge in [-0.25, -0.2) is 4.98 Å². The quantitative estimate of drug-likeness (QED) is 0.708. The number of ether oxygens (including phenoxy) is 1. The van der Waals surface area contributed by atoms with Crippen LogP contribution in [0.5, 0.6) is 0 Å². The van der Waals surface area contributed by atoms with Crippen LogP contribution in [0.15, 0.2) is 6.33 Å². The van der Waals surface area contributed by atoms with Crippen molar-refractivity contribution in [1.29, 1.82) is 0 Å². The summed E-state index contributed by atoms with van der Waals surface area (Å²) in [5, 5.41) is 7.26. The van der Waals surface area contributed by atoms with Gasteiger partial charge in [-0.1, -0.05) is 13.3 Å². The van der Waals surface area contributed by atoms with Gasteiger partial charge in [0.2, 0.25) is 0 Å². The molecule has 0 spiro atoms. The average Bonchev–Trinajstić information content (AvgIpc) is 2.70. The van der Waals surface area contributed by atoms with E-state index in [1.54, 1.807) is 17.9 Å². The summed E-state index contributed by atoms with van der Waals surface area (Å²) in [5.41, 5.74) is 0. The van der Waals surface area contributed by atoms with Gasteiger partial charge in [-0.15, -0.1) is 0 Å². The fraction of sp³-hybridized carbons (Fsp3) is 0.727. The molecule has 1 rings (SSSR count). The molecule has 0 aliphatic rings. The van der Waals surface area contributed by atoms with E-state index in [9.17, 15) is 4.79 Å². The summed E-state index contributed by atoms with van der Waals surface area (Å²) in [5.74, 6) is 0.475. The topological polar surface area (TPSA) is 69.0 Å². The minimum Gasteiger partial charge on any atom is -0.465 e. The second-order valence-electron chi connectivity index (χ2n) is 3.81. The molecule has 0 saturated heterocycles. The lowest BCUT2D eigenvalue weighted by Crippen LogP contribution is -2.37. The number of nitrogens with one attached hydrogen (secondary N) is 1. The lowest BCUT2D eigenvalue weighted by molar-refractivity contribution is -0.145. The first-order valence-electron chi connectivity index (χ1n) is 5.91. The zero-order chi connectivity index (χ0) is 12.7. The van der Waals surface area contributed by atoms with Crippen LogP contribution in [0.2, 0.25) is 0 Å². The monoisotopic (exact) mass is 240 g/mol. The molecule has 6 nitrogen and oxygen atoms in total. The molecule has 6 heteroatoms. The molecule has 1 atom stereocenters. The van der Waals surface area contributed by atoms with E-state index in [2.05, 4.69) is 15.4 Å². The van der Waals surface area contributed by atoms with Crippen molar-refractivity contribution in [3.05, 3.63) is 12.2 Å². The number of carbonyl (C=O) groups is 1. The first kappa shape index (κ1) is 13.6. The molecular formula is C11H20N4O2. The molecule has 1 heterocycles. The summed E-state index contributed by atoms with van der Waals surface area (Å²) >= 11 is 0. The van der Waals surface area contributed by atoms with Crippen LogP contribution in [0.1, 0.15) is 32.5 Å². The molecule has 0 radical (unpaired) electrons. The maximum absolute atomic E-state index is 11.6. The molecule has 0 aromatic carbocycles. The second kappa shape index (κ2) is 7.01. The number of carbonyl (C=O) groups excluding carboxylic acids is 1. The van der Waals surface area contributed by atoms with Crippen LogP contribution in [0.4, 0.5) is 0 Å². The lowest BCUT2D eigenvalue weighted by Gasteiger charge is -2.15. The summed E-state index contributed by atoms with van der Waals surface area (Å²) in [7, 11) is 1.81. The number of nitrogens with zero attached hydrogens (tertiary/aromatic N) is 3. The summed E-state index contributed by atoms with van der Waals surface area (Å²) in [4.78, 5) is 15.7. The summed E-state index contributed by atoms with van der Waals surface area (Å²) in [6.45, 7) is 4.72. The third-order valence-electron chi connectivity index (χ3n) is 2.30. The highest BCUT2D eigenvalue weighted by atomic mass is 16.5. The highest BCUT2D eigenvalue weighted by Crippen LogP contribution is 2.01. The van der Waals surface area contributed by atoms with Crippen LogP contribution < -0.4 is 5.32 Å². The maximum Gasteiger partial charge on any atom is 0.323 e. The molecule has 1 unspecified atom stereocenters. The first-order valence-corrected chi connectivity index (χ1v) is 5.91. The van der Waals surface area contributed by atoms with Crippen LogP contribution >= 0.6 is 0 Å². The Hall–Kier alpha value is -1.43. The van der Waals surface area contributed by atoms with E-state index in [0.717, 1.165) is 12.8 Å². The smallest absolute Gasteiger partial charge is 0.323 e. The fourth-order valence-electron chi connectivity index (χ4n) is 1.51. The minimum absolute atomic E-state index is 0.203. The van der Waals surface area contributed by atoms with Gasteiger partial charge >= 0.3 is 5.97 Å². The Labute approximate surface area is 101 Å². The molecular weight excluding hydrogens is 220 g/mol. The van der Waals surface area contributed by atoms with Crippen molar-refractivity contribution in [2.45, 2.75) is 39.3 Å². The number of rotatable bonds is 7. The highest BCUT2D eigenvalue weighted by Gasteiger charge is 2.18. The van der Waals surface area contributed by atoms with Crippen molar-refractivity contribution in [1.82, 2.24) is 20.1 Å². The van der Waals surface area contributed by atoms with Crippen molar-refractivity contribution >= 4 is 5.97 Å². The number of aryl methyl sites for hydroxylation is 1. The molecule has 0 aliphatic heterocycles. The van der Waals surface area contributed by atoms with Crippen LogP contribution in [0, 0.1) is 0 Å². The Morgan fingerprint density at radius 1 is 1.59 bits per heavy atom. The Morgan fingerprint density at radius 2 is 2.35 bits per heavy atom. The molecule has 1 aromatic heterocycles. The van der Waals surface area contributed by atoms with Gasteiger partial charge in [0.15, 0.2) is 5.82 Å². The third kappa shape index (κ3) is 4.52. The van der Waals surface area contributed by atoms with E-state index in [-0.39, 0.29) is 12.0 Å². The van der Waals surface area contributed by atoms with Gasteiger partial charge in [0.25, 0.3) is 0 Å². The van der Waals surface area contributed by atoms with Crippen molar-refractivity contribution in [3.8, 4) is 0 Å². The molecule has 17 heavy (non-hydrogen) atoms. The van der Waals surface area contributed by atoms with Crippen molar-refractivity contribution < 1.29 is 9.53 Å². The molecule has 0 amide bonds. The van der Waals surface area contributed by atoms with Crippen LogP contribution in [0.25, 0.3) is 0 Å². The zero-order valence-electron chi connectivity index (χ0n) is 10.6.